The molecule has 0 radical (unpaired) electrons. The summed E-state index contributed by atoms with van der Waals surface area (Å²) in [5.41, 5.74) is 0.742. The van der Waals surface area contributed by atoms with Crippen LogP contribution in [-0.2, 0) is 14.3 Å². The van der Waals surface area contributed by atoms with E-state index in [9.17, 15) is 9.59 Å². The Morgan fingerprint density at radius 3 is 2.71 bits per heavy atom. The minimum absolute atomic E-state index is 0.313. The molecule has 4 nitrogen and oxygen atoms in total. The molecule has 0 aliphatic rings. The molecule has 6 heteroatoms. The van der Waals surface area contributed by atoms with Gasteiger partial charge < -0.3 is 10.1 Å². The average molecular weight is 330 g/mol. The zero-order chi connectivity index (χ0) is 15.8. The minimum atomic E-state index is -0.538. The molecule has 0 unspecified atom stereocenters. The lowest BCUT2D eigenvalue weighted by Crippen LogP contribution is -2.31. The van der Waals surface area contributed by atoms with Crippen molar-refractivity contribution in [3.8, 4) is 0 Å². The van der Waals surface area contributed by atoms with Crippen molar-refractivity contribution in [2.24, 2.45) is 0 Å². The Kier molecular flexibility index (Phi) is 7.26. The van der Waals surface area contributed by atoms with Crippen LogP contribution in [0, 0.1) is 0 Å². The highest BCUT2D eigenvalue weighted by Crippen LogP contribution is 2.25. The van der Waals surface area contributed by atoms with Gasteiger partial charge in [0.25, 0.3) is 5.91 Å². The summed E-state index contributed by atoms with van der Waals surface area (Å²) in [6, 6.07) is 4.73. The van der Waals surface area contributed by atoms with E-state index < -0.39 is 11.9 Å². The summed E-state index contributed by atoms with van der Waals surface area (Å²) in [6.07, 6.45) is 3.69. The summed E-state index contributed by atoms with van der Waals surface area (Å²) < 4.78 is 4.80. The first kappa shape index (κ1) is 17.5. The van der Waals surface area contributed by atoms with E-state index in [1.807, 2.05) is 6.92 Å². The number of ether oxygens (including phenoxy) is 1. The molecule has 1 atom stereocenters. The quantitative estimate of drug-likeness (QED) is 0.639. The number of nitrogens with one attached hydrogen (secondary N) is 1. The lowest BCUT2D eigenvalue weighted by molar-refractivity contribution is -0.144. The Morgan fingerprint density at radius 1 is 1.38 bits per heavy atom. The van der Waals surface area contributed by atoms with Crippen LogP contribution in [0.5, 0.6) is 0 Å². The molecule has 1 N–H and O–H groups in total. The summed E-state index contributed by atoms with van der Waals surface area (Å²) in [5.74, 6) is -0.934. The van der Waals surface area contributed by atoms with Gasteiger partial charge in [-0.15, -0.1) is 0 Å². The number of halogens is 2. The summed E-state index contributed by atoms with van der Waals surface area (Å²) in [4.78, 5) is 22.9. The van der Waals surface area contributed by atoms with Gasteiger partial charge in [-0.1, -0.05) is 42.3 Å². The summed E-state index contributed by atoms with van der Waals surface area (Å²) >= 11 is 11.9. The SMILES string of the molecule is CC/C=C/C(=O)OCC(=O)N[C@H](C)c1ccc(Cl)cc1Cl. The number of esters is 1. The van der Waals surface area contributed by atoms with Crippen LogP contribution in [0.3, 0.4) is 0 Å². The molecule has 0 spiro atoms. The standard InChI is InChI=1S/C15H17Cl2NO3/c1-3-4-5-15(20)21-9-14(19)18-10(2)12-7-6-11(16)8-13(12)17/h4-8,10H,3,9H2,1-2H3,(H,18,19)/b5-4+/t10-/m1/s1. The molecular weight excluding hydrogens is 313 g/mol. The van der Waals surface area contributed by atoms with Crippen LogP contribution in [0.2, 0.25) is 10.0 Å². The van der Waals surface area contributed by atoms with Gasteiger partial charge in [0.2, 0.25) is 0 Å². The third-order valence-electron chi connectivity index (χ3n) is 2.64. The average Bonchev–Trinajstić information content (AvgIpc) is 2.42. The summed E-state index contributed by atoms with van der Waals surface area (Å²) in [6.45, 7) is 3.35. The fourth-order valence-electron chi connectivity index (χ4n) is 1.61. The number of amides is 1. The van der Waals surface area contributed by atoms with Crippen LogP contribution in [0.1, 0.15) is 31.9 Å². The smallest absolute Gasteiger partial charge is 0.330 e. The molecule has 1 rings (SSSR count). The van der Waals surface area contributed by atoms with Crippen molar-refractivity contribution >= 4 is 35.1 Å². The molecule has 1 aromatic carbocycles. The van der Waals surface area contributed by atoms with Crippen LogP contribution in [0.4, 0.5) is 0 Å². The predicted molar refractivity (Wildman–Crippen MR) is 83.4 cm³/mol. The zero-order valence-electron chi connectivity index (χ0n) is 11.9. The molecule has 1 amide bonds. The molecule has 1 aromatic rings. The highest BCUT2D eigenvalue weighted by atomic mass is 35.5. The van der Waals surface area contributed by atoms with Gasteiger partial charge in [0, 0.05) is 16.1 Å². The van der Waals surface area contributed by atoms with E-state index in [-0.39, 0.29) is 12.6 Å². The van der Waals surface area contributed by atoms with Gasteiger partial charge in [0.05, 0.1) is 6.04 Å². The number of carbonyl (C=O) groups excluding carboxylic acids is 2. The van der Waals surface area contributed by atoms with Crippen molar-refractivity contribution in [1.82, 2.24) is 5.32 Å². The third kappa shape index (κ3) is 6.19. The first-order chi connectivity index (χ1) is 9.93. The molecule has 0 bridgehead atoms. The third-order valence-corrected chi connectivity index (χ3v) is 3.20. The number of hydrogen-bond donors (Lipinski definition) is 1. The van der Waals surface area contributed by atoms with Gasteiger partial charge in [0.1, 0.15) is 0 Å². The van der Waals surface area contributed by atoms with E-state index in [2.05, 4.69) is 5.32 Å². The van der Waals surface area contributed by atoms with Gasteiger partial charge >= 0.3 is 5.97 Å². The predicted octanol–water partition coefficient (Wildman–Crippen LogP) is 3.68. The topological polar surface area (TPSA) is 55.4 Å². The zero-order valence-corrected chi connectivity index (χ0v) is 13.4. The van der Waals surface area contributed by atoms with Crippen molar-refractivity contribution in [2.75, 3.05) is 6.61 Å². The lowest BCUT2D eigenvalue weighted by atomic mass is 10.1. The van der Waals surface area contributed by atoms with Gasteiger partial charge in [0.15, 0.2) is 6.61 Å². The monoisotopic (exact) mass is 329 g/mol. The van der Waals surface area contributed by atoms with Gasteiger partial charge in [-0.05, 0) is 31.0 Å². The molecule has 0 saturated carbocycles. The Labute approximate surface area is 134 Å². The van der Waals surface area contributed by atoms with E-state index in [1.165, 1.54) is 6.08 Å². The molecule has 0 heterocycles. The first-order valence-corrected chi connectivity index (χ1v) is 7.27. The maximum absolute atomic E-state index is 11.7. The molecule has 0 aliphatic carbocycles. The van der Waals surface area contributed by atoms with Crippen LogP contribution in [-0.4, -0.2) is 18.5 Å². The first-order valence-electron chi connectivity index (χ1n) is 6.51. The Bertz CT molecular complexity index is 544. The van der Waals surface area contributed by atoms with Gasteiger partial charge in [-0.3, -0.25) is 4.79 Å². The number of carbonyl (C=O) groups is 2. The van der Waals surface area contributed by atoms with Crippen LogP contribution < -0.4 is 5.32 Å². The fourth-order valence-corrected chi connectivity index (χ4v) is 2.18. The number of rotatable bonds is 6. The Balaban J connectivity index is 2.50. The number of allylic oxidation sites excluding steroid dienone is 1. The van der Waals surface area contributed by atoms with E-state index in [4.69, 9.17) is 27.9 Å². The maximum atomic E-state index is 11.7. The van der Waals surface area contributed by atoms with Crippen molar-refractivity contribution < 1.29 is 14.3 Å². The highest BCUT2D eigenvalue weighted by Gasteiger charge is 2.13. The van der Waals surface area contributed by atoms with Crippen molar-refractivity contribution in [3.63, 3.8) is 0 Å². The number of benzene rings is 1. The summed E-state index contributed by atoms with van der Waals surface area (Å²) in [5, 5.41) is 3.70. The van der Waals surface area contributed by atoms with E-state index in [0.29, 0.717) is 10.0 Å². The summed E-state index contributed by atoms with van der Waals surface area (Å²) in [7, 11) is 0. The highest BCUT2D eigenvalue weighted by molar-refractivity contribution is 6.35. The fraction of sp³-hybridized carbons (Fsp3) is 0.333. The second kappa shape index (κ2) is 8.70. The van der Waals surface area contributed by atoms with E-state index in [0.717, 1.165) is 12.0 Å². The maximum Gasteiger partial charge on any atom is 0.330 e. The molecule has 21 heavy (non-hydrogen) atoms. The van der Waals surface area contributed by atoms with Crippen LogP contribution >= 0.6 is 23.2 Å². The van der Waals surface area contributed by atoms with Crippen molar-refractivity contribution in [1.29, 1.82) is 0 Å². The second-order valence-electron chi connectivity index (χ2n) is 4.37. The second-order valence-corrected chi connectivity index (χ2v) is 5.22. The molecule has 0 aromatic heterocycles. The Hall–Kier alpha value is -1.52. The largest absolute Gasteiger partial charge is 0.452 e. The van der Waals surface area contributed by atoms with Crippen molar-refractivity contribution in [3.05, 3.63) is 46.0 Å². The van der Waals surface area contributed by atoms with Gasteiger partial charge in [-0.2, -0.15) is 0 Å². The van der Waals surface area contributed by atoms with E-state index >= 15 is 0 Å². The van der Waals surface area contributed by atoms with Crippen LogP contribution in [0.25, 0.3) is 0 Å². The minimum Gasteiger partial charge on any atom is -0.452 e. The molecular formula is C15H17Cl2NO3. The van der Waals surface area contributed by atoms with Crippen molar-refractivity contribution in [2.45, 2.75) is 26.3 Å². The number of hydrogen-bond acceptors (Lipinski definition) is 3. The lowest BCUT2D eigenvalue weighted by Gasteiger charge is -2.15. The van der Waals surface area contributed by atoms with Gasteiger partial charge in [-0.25, -0.2) is 4.79 Å². The molecule has 0 saturated heterocycles. The van der Waals surface area contributed by atoms with Crippen LogP contribution in [0.15, 0.2) is 30.4 Å². The molecule has 114 valence electrons. The Morgan fingerprint density at radius 2 is 2.10 bits per heavy atom. The molecule has 0 aliphatic heterocycles. The molecule has 0 fully saturated rings. The normalized spacial score (nSPS) is 12.2. The van der Waals surface area contributed by atoms with E-state index in [1.54, 1.807) is 31.2 Å².